The predicted octanol–water partition coefficient (Wildman–Crippen LogP) is 0.236. The van der Waals surface area contributed by atoms with Gasteiger partial charge in [-0.15, -0.1) is 0 Å². The number of nitrogens with zero attached hydrogens (tertiary/aromatic N) is 2. The van der Waals surface area contributed by atoms with Crippen molar-refractivity contribution in [3.05, 3.63) is 30.3 Å². The molecule has 9 heteroatoms. The Kier molecular flexibility index (Phi) is 5.23. The summed E-state index contributed by atoms with van der Waals surface area (Å²) in [6.07, 6.45) is 1.24. The molecule has 0 amide bonds. The van der Waals surface area contributed by atoms with Crippen LogP contribution in [0, 0.1) is 0 Å². The minimum atomic E-state index is -3.63. The molecule has 7 nitrogen and oxygen atoms in total. The van der Waals surface area contributed by atoms with Crippen molar-refractivity contribution in [1.29, 1.82) is 0 Å². The Morgan fingerprint density at radius 3 is 2.36 bits per heavy atom. The van der Waals surface area contributed by atoms with E-state index in [2.05, 4.69) is 4.72 Å². The number of piperidine rings is 1. The fourth-order valence-electron chi connectivity index (χ4n) is 2.37. The molecular weight excluding hydrogens is 326 g/mol. The van der Waals surface area contributed by atoms with E-state index in [1.807, 2.05) is 0 Å². The number of benzene rings is 1. The van der Waals surface area contributed by atoms with Crippen LogP contribution in [0.15, 0.2) is 35.2 Å². The van der Waals surface area contributed by atoms with Crippen LogP contribution in [0.5, 0.6) is 0 Å². The second-order valence-corrected chi connectivity index (χ2v) is 9.28. The van der Waals surface area contributed by atoms with Gasteiger partial charge >= 0.3 is 0 Å². The molecule has 0 bridgehead atoms. The number of nitrogens with one attached hydrogen (secondary N) is 1. The highest BCUT2D eigenvalue weighted by molar-refractivity contribution is 7.89. The van der Waals surface area contributed by atoms with E-state index >= 15 is 0 Å². The third-order valence-corrected chi connectivity index (χ3v) is 6.99. The lowest BCUT2D eigenvalue weighted by Gasteiger charge is -2.33. The van der Waals surface area contributed by atoms with Crippen LogP contribution in [-0.4, -0.2) is 58.7 Å². The minimum absolute atomic E-state index is 0.145. The molecular formula is C13H21N3O4S2. The van der Waals surface area contributed by atoms with Gasteiger partial charge < -0.3 is 0 Å². The highest BCUT2D eigenvalue weighted by Gasteiger charge is 2.32. The number of sulfonamides is 1. The van der Waals surface area contributed by atoms with Crippen molar-refractivity contribution in [2.45, 2.75) is 23.8 Å². The molecule has 1 atom stereocenters. The smallest absolute Gasteiger partial charge is 0.207 e. The predicted molar refractivity (Wildman–Crippen MR) is 84.0 cm³/mol. The monoisotopic (exact) mass is 347 g/mol. The van der Waals surface area contributed by atoms with E-state index in [0.29, 0.717) is 19.4 Å². The molecule has 1 N–H and O–H groups in total. The molecule has 0 aromatic heterocycles. The van der Waals surface area contributed by atoms with E-state index in [-0.39, 0.29) is 11.4 Å². The number of hydrogen-bond donors (Lipinski definition) is 1. The van der Waals surface area contributed by atoms with Crippen LogP contribution in [0.3, 0.4) is 0 Å². The number of rotatable bonds is 5. The van der Waals surface area contributed by atoms with Gasteiger partial charge in [0.05, 0.1) is 4.90 Å². The third kappa shape index (κ3) is 3.85. The van der Waals surface area contributed by atoms with Gasteiger partial charge in [-0.3, -0.25) is 0 Å². The van der Waals surface area contributed by atoms with Gasteiger partial charge in [0, 0.05) is 33.2 Å². The average Bonchev–Trinajstić information content (AvgIpc) is 2.48. The summed E-state index contributed by atoms with van der Waals surface area (Å²) in [5.74, 6) is 0. The zero-order valence-corrected chi connectivity index (χ0v) is 14.3. The molecule has 0 spiro atoms. The summed E-state index contributed by atoms with van der Waals surface area (Å²) in [6.45, 7) is 0.552. The molecule has 124 valence electrons. The van der Waals surface area contributed by atoms with E-state index in [1.54, 1.807) is 18.2 Å². The minimum Gasteiger partial charge on any atom is -0.207 e. The van der Waals surface area contributed by atoms with Gasteiger partial charge in [-0.05, 0) is 25.0 Å². The number of hydrogen-bond acceptors (Lipinski definition) is 4. The molecule has 1 heterocycles. The molecule has 0 aliphatic carbocycles. The molecule has 1 aromatic carbocycles. The Labute approximate surface area is 132 Å². The van der Waals surface area contributed by atoms with Gasteiger partial charge in [0.15, 0.2) is 0 Å². The topological polar surface area (TPSA) is 86.8 Å². The van der Waals surface area contributed by atoms with E-state index in [1.165, 1.54) is 30.5 Å². The van der Waals surface area contributed by atoms with Gasteiger partial charge in [-0.25, -0.2) is 13.1 Å². The van der Waals surface area contributed by atoms with Crippen molar-refractivity contribution in [2.75, 3.05) is 27.2 Å². The molecule has 1 aromatic rings. The maximum absolute atomic E-state index is 12.3. The molecule has 1 fully saturated rings. The average molecular weight is 347 g/mol. The van der Waals surface area contributed by atoms with Gasteiger partial charge in [0.25, 0.3) is 10.2 Å². The van der Waals surface area contributed by atoms with Crippen LogP contribution in [0.2, 0.25) is 0 Å². The Morgan fingerprint density at radius 2 is 1.77 bits per heavy atom. The highest BCUT2D eigenvalue weighted by Crippen LogP contribution is 2.17. The molecule has 1 saturated heterocycles. The van der Waals surface area contributed by atoms with E-state index in [0.717, 1.165) is 4.31 Å². The fourth-order valence-corrected chi connectivity index (χ4v) is 4.84. The maximum atomic E-state index is 12.3. The van der Waals surface area contributed by atoms with E-state index in [9.17, 15) is 16.8 Å². The van der Waals surface area contributed by atoms with Crippen molar-refractivity contribution in [2.24, 2.45) is 0 Å². The standard InChI is InChI=1S/C13H21N3O4S2/c1-15(2)22(19,20)16-10-6-7-12(11-16)14-21(17,18)13-8-4-3-5-9-13/h3-5,8-9,12,14H,6-7,10-11H2,1-2H3/t12-/m1/s1. The summed E-state index contributed by atoms with van der Waals surface area (Å²) in [5, 5.41) is 0. The lowest BCUT2D eigenvalue weighted by molar-refractivity contribution is 0.288. The zero-order chi connectivity index (χ0) is 16.4. The summed E-state index contributed by atoms with van der Waals surface area (Å²) in [5.41, 5.74) is 0. The van der Waals surface area contributed by atoms with Crippen LogP contribution < -0.4 is 4.72 Å². The van der Waals surface area contributed by atoms with Crippen molar-refractivity contribution in [3.8, 4) is 0 Å². The van der Waals surface area contributed by atoms with Crippen molar-refractivity contribution >= 4 is 20.2 Å². The molecule has 1 aliphatic rings. The summed E-state index contributed by atoms with van der Waals surface area (Å²) in [4.78, 5) is 0.183. The van der Waals surface area contributed by atoms with Crippen LogP contribution in [-0.2, 0) is 20.2 Å². The fraction of sp³-hybridized carbons (Fsp3) is 0.538. The van der Waals surface area contributed by atoms with Crippen molar-refractivity contribution in [1.82, 2.24) is 13.3 Å². The molecule has 22 heavy (non-hydrogen) atoms. The second kappa shape index (κ2) is 6.63. The first kappa shape index (κ1) is 17.4. The molecule has 2 rings (SSSR count). The van der Waals surface area contributed by atoms with Gasteiger partial charge in [-0.2, -0.15) is 17.0 Å². The Morgan fingerprint density at radius 1 is 1.14 bits per heavy atom. The van der Waals surface area contributed by atoms with Crippen LogP contribution in [0.4, 0.5) is 0 Å². The van der Waals surface area contributed by atoms with Crippen LogP contribution >= 0.6 is 0 Å². The summed E-state index contributed by atoms with van der Waals surface area (Å²) in [7, 11) is -4.22. The summed E-state index contributed by atoms with van der Waals surface area (Å²) < 4.78 is 53.9. The lowest BCUT2D eigenvalue weighted by Crippen LogP contribution is -2.52. The zero-order valence-electron chi connectivity index (χ0n) is 12.6. The molecule has 0 saturated carbocycles. The van der Waals surface area contributed by atoms with E-state index < -0.39 is 26.3 Å². The molecule has 0 unspecified atom stereocenters. The van der Waals surface area contributed by atoms with E-state index in [4.69, 9.17) is 0 Å². The first-order chi connectivity index (χ1) is 10.2. The van der Waals surface area contributed by atoms with Gasteiger partial charge in [0.1, 0.15) is 0 Å². The Balaban J connectivity index is 2.11. The highest BCUT2D eigenvalue weighted by atomic mass is 32.2. The molecule has 1 aliphatic heterocycles. The summed E-state index contributed by atoms with van der Waals surface area (Å²) in [6, 6.07) is 7.65. The first-order valence-corrected chi connectivity index (χ1v) is 9.86. The van der Waals surface area contributed by atoms with Gasteiger partial charge in [0.2, 0.25) is 10.0 Å². The second-order valence-electron chi connectivity index (χ2n) is 5.42. The quantitative estimate of drug-likeness (QED) is 0.826. The normalized spacial score (nSPS) is 21.1. The van der Waals surface area contributed by atoms with Gasteiger partial charge in [-0.1, -0.05) is 18.2 Å². The largest absolute Gasteiger partial charge is 0.281 e. The SMILES string of the molecule is CN(C)S(=O)(=O)N1CCC[C@@H](NS(=O)(=O)c2ccccc2)C1. The third-order valence-electron chi connectivity index (χ3n) is 3.55. The van der Waals surface area contributed by atoms with Crippen LogP contribution in [0.25, 0.3) is 0 Å². The Hall–Kier alpha value is -1.00. The summed E-state index contributed by atoms with van der Waals surface area (Å²) >= 11 is 0. The van der Waals surface area contributed by atoms with Crippen molar-refractivity contribution in [3.63, 3.8) is 0 Å². The van der Waals surface area contributed by atoms with Crippen molar-refractivity contribution < 1.29 is 16.8 Å². The maximum Gasteiger partial charge on any atom is 0.281 e. The first-order valence-electron chi connectivity index (χ1n) is 6.98. The molecule has 0 radical (unpaired) electrons. The van der Waals surface area contributed by atoms with Crippen LogP contribution in [0.1, 0.15) is 12.8 Å². The Bertz CT molecular complexity index is 702. The lowest BCUT2D eigenvalue weighted by atomic mass is 10.1.